The Morgan fingerprint density at radius 3 is 2.37 bits per heavy atom. The van der Waals surface area contributed by atoms with E-state index in [9.17, 15) is 4.79 Å². The van der Waals surface area contributed by atoms with Gasteiger partial charge in [-0.15, -0.1) is 0 Å². The lowest BCUT2D eigenvalue weighted by molar-refractivity contribution is 0.0768. The number of aromatic nitrogens is 1. The first-order valence-corrected chi connectivity index (χ1v) is 6.59. The number of ether oxygens (including phenoxy) is 1. The van der Waals surface area contributed by atoms with E-state index >= 15 is 0 Å². The highest BCUT2D eigenvalue weighted by molar-refractivity contribution is 5.67. The van der Waals surface area contributed by atoms with Crippen LogP contribution in [0.1, 0.15) is 17.0 Å². The first kappa shape index (κ1) is 13.8. The van der Waals surface area contributed by atoms with Crippen LogP contribution >= 0.6 is 0 Å². The lowest BCUT2D eigenvalue weighted by Crippen LogP contribution is -2.47. The molecule has 1 aromatic rings. The first-order valence-electron chi connectivity index (χ1n) is 6.59. The van der Waals surface area contributed by atoms with E-state index in [2.05, 4.69) is 16.9 Å². The average Bonchev–Trinajstić information content (AvgIpc) is 2.36. The summed E-state index contributed by atoms with van der Waals surface area (Å²) in [7, 11) is 2.06. The maximum absolute atomic E-state index is 11.9. The standard InChI is InChI=1S/C14H21N3O2/c1-11-8-13(9-12(2)15-11)10-19-14(18)17-6-4-16(3)5-7-17/h8-9H,4-7,10H2,1-3H3. The van der Waals surface area contributed by atoms with Crippen LogP contribution in [0.2, 0.25) is 0 Å². The van der Waals surface area contributed by atoms with Crippen molar-refractivity contribution in [3.8, 4) is 0 Å². The van der Waals surface area contributed by atoms with Crippen LogP contribution in [0.3, 0.4) is 0 Å². The highest BCUT2D eigenvalue weighted by Gasteiger charge is 2.20. The molecular weight excluding hydrogens is 242 g/mol. The monoisotopic (exact) mass is 263 g/mol. The van der Waals surface area contributed by atoms with E-state index in [0.29, 0.717) is 6.61 Å². The molecule has 0 bridgehead atoms. The minimum Gasteiger partial charge on any atom is -0.445 e. The summed E-state index contributed by atoms with van der Waals surface area (Å²) < 4.78 is 5.35. The second-order valence-corrected chi connectivity index (χ2v) is 5.10. The summed E-state index contributed by atoms with van der Waals surface area (Å²) in [4.78, 5) is 20.2. The summed E-state index contributed by atoms with van der Waals surface area (Å²) in [5, 5.41) is 0. The SMILES string of the molecule is Cc1cc(COC(=O)N2CCN(C)CC2)cc(C)n1. The Morgan fingerprint density at radius 1 is 1.21 bits per heavy atom. The number of amides is 1. The number of pyridine rings is 1. The smallest absolute Gasteiger partial charge is 0.410 e. The van der Waals surface area contributed by atoms with Gasteiger partial charge in [-0.3, -0.25) is 4.98 Å². The lowest BCUT2D eigenvalue weighted by atomic mass is 10.2. The molecule has 0 N–H and O–H groups in total. The summed E-state index contributed by atoms with van der Waals surface area (Å²) >= 11 is 0. The van der Waals surface area contributed by atoms with Crippen LogP contribution in [0.5, 0.6) is 0 Å². The van der Waals surface area contributed by atoms with Crippen molar-refractivity contribution in [3.05, 3.63) is 29.1 Å². The number of likely N-dealkylation sites (N-methyl/N-ethyl adjacent to an activating group) is 1. The molecule has 0 atom stereocenters. The number of nitrogens with zero attached hydrogens (tertiary/aromatic N) is 3. The van der Waals surface area contributed by atoms with Gasteiger partial charge < -0.3 is 14.5 Å². The fourth-order valence-electron chi connectivity index (χ4n) is 2.23. The lowest BCUT2D eigenvalue weighted by Gasteiger charge is -2.31. The zero-order valence-corrected chi connectivity index (χ0v) is 11.8. The molecule has 1 amide bonds. The van der Waals surface area contributed by atoms with Gasteiger partial charge in [0.2, 0.25) is 0 Å². The van der Waals surface area contributed by atoms with Crippen LogP contribution in [0.15, 0.2) is 12.1 Å². The first-order chi connectivity index (χ1) is 9.04. The normalized spacial score (nSPS) is 16.5. The molecule has 0 aromatic carbocycles. The molecule has 0 radical (unpaired) electrons. The Labute approximate surface area is 114 Å². The quantitative estimate of drug-likeness (QED) is 0.812. The van der Waals surface area contributed by atoms with E-state index in [1.807, 2.05) is 26.0 Å². The number of aryl methyl sites for hydroxylation is 2. The molecule has 0 aliphatic carbocycles. The van der Waals surface area contributed by atoms with Crippen molar-refractivity contribution in [1.82, 2.24) is 14.8 Å². The highest BCUT2D eigenvalue weighted by Crippen LogP contribution is 2.08. The third kappa shape index (κ3) is 3.92. The number of hydrogen-bond donors (Lipinski definition) is 0. The average molecular weight is 263 g/mol. The van der Waals surface area contributed by atoms with Gasteiger partial charge in [0.15, 0.2) is 0 Å². The van der Waals surface area contributed by atoms with Gasteiger partial charge in [0.05, 0.1) is 0 Å². The van der Waals surface area contributed by atoms with Crippen molar-refractivity contribution < 1.29 is 9.53 Å². The van der Waals surface area contributed by atoms with Crippen molar-refractivity contribution in [2.45, 2.75) is 20.5 Å². The fourth-order valence-corrected chi connectivity index (χ4v) is 2.23. The topological polar surface area (TPSA) is 45.7 Å². The maximum Gasteiger partial charge on any atom is 0.410 e. The minimum absolute atomic E-state index is 0.222. The van der Waals surface area contributed by atoms with Crippen molar-refractivity contribution >= 4 is 6.09 Å². The number of carbonyl (C=O) groups excluding carboxylic acids is 1. The molecular formula is C14H21N3O2. The molecule has 1 saturated heterocycles. The molecule has 1 aliphatic heterocycles. The molecule has 5 nitrogen and oxygen atoms in total. The summed E-state index contributed by atoms with van der Waals surface area (Å²) in [6.07, 6.45) is -0.222. The molecule has 5 heteroatoms. The van der Waals surface area contributed by atoms with Gasteiger partial charge in [-0.1, -0.05) is 0 Å². The predicted molar refractivity (Wildman–Crippen MR) is 73.0 cm³/mol. The van der Waals surface area contributed by atoms with Crippen molar-refractivity contribution in [3.63, 3.8) is 0 Å². The van der Waals surface area contributed by atoms with Crippen LogP contribution in [0.4, 0.5) is 4.79 Å². The van der Waals surface area contributed by atoms with Gasteiger partial charge in [0.1, 0.15) is 6.61 Å². The Hall–Kier alpha value is -1.62. The molecule has 1 fully saturated rings. The summed E-state index contributed by atoms with van der Waals surface area (Å²) in [6, 6.07) is 3.90. The molecule has 2 heterocycles. The molecule has 2 rings (SSSR count). The van der Waals surface area contributed by atoms with E-state index in [0.717, 1.165) is 43.1 Å². The predicted octanol–water partition coefficient (Wildman–Crippen LogP) is 1.58. The fraction of sp³-hybridized carbons (Fsp3) is 0.571. The highest BCUT2D eigenvalue weighted by atomic mass is 16.6. The van der Waals surface area contributed by atoms with Crippen molar-refractivity contribution in [1.29, 1.82) is 0 Å². The minimum atomic E-state index is -0.222. The molecule has 0 spiro atoms. The van der Waals surface area contributed by atoms with E-state index in [4.69, 9.17) is 4.74 Å². The van der Waals surface area contributed by atoms with Gasteiger partial charge in [-0.05, 0) is 38.6 Å². The second kappa shape index (κ2) is 6.02. The molecule has 19 heavy (non-hydrogen) atoms. The molecule has 0 saturated carbocycles. The van der Waals surface area contributed by atoms with Gasteiger partial charge in [0.25, 0.3) is 0 Å². The Bertz CT molecular complexity index is 434. The zero-order chi connectivity index (χ0) is 13.8. The summed E-state index contributed by atoms with van der Waals surface area (Å²) in [5.41, 5.74) is 2.89. The molecule has 1 aliphatic rings. The third-order valence-electron chi connectivity index (χ3n) is 3.27. The number of hydrogen-bond acceptors (Lipinski definition) is 4. The molecule has 0 unspecified atom stereocenters. The Morgan fingerprint density at radius 2 is 1.79 bits per heavy atom. The number of carbonyl (C=O) groups is 1. The van der Waals surface area contributed by atoms with Crippen LogP contribution in [0.25, 0.3) is 0 Å². The van der Waals surface area contributed by atoms with Crippen molar-refractivity contribution in [2.24, 2.45) is 0 Å². The van der Waals surface area contributed by atoms with Crippen LogP contribution in [-0.2, 0) is 11.3 Å². The van der Waals surface area contributed by atoms with E-state index in [1.54, 1.807) is 4.90 Å². The molecule has 104 valence electrons. The van der Waals surface area contributed by atoms with Gasteiger partial charge in [-0.25, -0.2) is 4.79 Å². The van der Waals surface area contributed by atoms with Crippen LogP contribution in [-0.4, -0.2) is 54.1 Å². The van der Waals surface area contributed by atoms with Gasteiger partial charge in [-0.2, -0.15) is 0 Å². The Balaban J connectivity index is 1.86. The zero-order valence-electron chi connectivity index (χ0n) is 11.8. The summed E-state index contributed by atoms with van der Waals surface area (Å²) in [6.45, 7) is 7.49. The number of rotatable bonds is 2. The maximum atomic E-state index is 11.9. The van der Waals surface area contributed by atoms with E-state index < -0.39 is 0 Å². The largest absolute Gasteiger partial charge is 0.445 e. The number of piperazine rings is 1. The Kier molecular flexibility index (Phi) is 4.37. The summed E-state index contributed by atoms with van der Waals surface area (Å²) in [5.74, 6) is 0. The van der Waals surface area contributed by atoms with Gasteiger partial charge in [0, 0.05) is 37.6 Å². The van der Waals surface area contributed by atoms with E-state index in [-0.39, 0.29) is 6.09 Å². The van der Waals surface area contributed by atoms with Crippen LogP contribution in [0, 0.1) is 13.8 Å². The van der Waals surface area contributed by atoms with Gasteiger partial charge >= 0.3 is 6.09 Å². The van der Waals surface area contributed by atoms with Crippen LogP contribution < -0.4 is 0 Å². The third-order valence-corrected chi connectivity index (χ3v) is 3.27. The van der Waals surface area contributed by atoms with Crippen molar-refractivity contribution in [2.75, 3.05) is 33.2 Å². The second-order valence-electron chi connectivity index (χ2n) is 5.10. The van der Waals surface area contributed by atoms with E-state index in [1.165, 1.54) is 0 Å². The molecule has 1 aromatic heterocycles.